The summed E-state index contributed by atoms with van der Waals surface area (Å²) in [6, 6.07) is 5.66. The average Bonchev–Trinajstić information content (AvgIpc) is 2.74. The predicted molar refractivity (Wildman–Crippen MR) is 67.5 cm³/mol. The quantitative estimate of drug-likeness (QED) is 0.846. The van der Waals surface area contributed by atoms with Crippen LogP contribution < -0.4 is 5.73 Å². The Hall–Kier alpha value is -1.14. The molecule has 0 fully saturated rings. The van der Waals surface area contributed by atoms with Crippen LogP contribution in [-0.4, -0.2) is 14.3 Å². The zero-order valence-corrected chi connectivity index (χ0v) is 10.5. The average molecular weight is 252 g/mol. The van der Waals surface area contributed by atoms with Crippen LogP contribution in [-0.2, 0) is 12.2 Å². The summed E-state index contributed by atoms with van der Waals surface area (Å²) in [6.07, 6.45) is 0.883. The number of nitrogen functional groups attached to an aromatic ring is 1. The van der Waals surface area contributed by atoms with E-state index in [4.69, 9.17) is 5.73 Å². The first-order valence-corrected chi connectivity index (χ1v) is 6.70. The number of pyridine rings is 1. The van der Waals surface area contributed by atoms with Gasteiger partial charge in [0.25, 0.3) is 0 Å². The number of hydrogen-bond acceptors (Lipinski definition) is 6. The van der Waals surface area contributed by atoms with Gasteiger partial charge in [-0.3, -0.25) is 0 Å². The molecule has 0 saturated carbocycles. The van der Waals surface area contributed by atoms with Gasteiger partial charge in [0.2, 0.25) is 0 Å². The lowest BCUT2D eigenvalue weighted by atomic mass is 10.4. The van der Waals surface area contributed by atoms with E-state index in [1.165, 1.54) is 11.5 Å². The summed E-state index contributed by atoms with van der Waals surface area (Å²) in [5, 5.41) is 0. The van der Waals surface area contributed by atoms with Gasteiger partial charge < -0.3 is 5.73 Å². The second-order valence-electron chi connectivity index (χ2n) is 3.17. The van der Waals surface area contributed by atoms with Crippen molar-refractivity contribution in [2.45, 2.75) is 23.4 Å². The Balaban J connectivity index is 1.96. The monoisotopic (exact) mass is 252 g/mol. The Morgan fingerprint density at radius 1 is 1.38 bits per heavy atom. The number of hydrogen-bond donors (Lipinski definition) is 1. The molecule has 0 spiro atoms. The number of thioether (sulfide) groups is 1. The van der Waals surface area contributed by atoms with E-state index < -0.39 is 0 Å². The van der Waals surface area contributed by atoms with Crippen molar-refractivity contribution in [3.63, 3.8) is 0 Å². The first kappa shape index (κ1) is 11.3. The van der Waals surface area contributed by atoms with Gasteiger partial charge in [-0.05, 0) is 23.7 Å². The molecule has 0 aliphatic carbocycles. The molecule has 84 valence electrons. The molecule has 0 unspecified atom stereocenters. The summed E-state index contributed by atoms with van der Waals surface area (Å²) in [5.41, 5.74) is 6.58. The van der Waals surface area contributed by atoms with Crippen molar-refractivity contribution in [1.82, 2.24) is 14.3 Å². The maximum atomic E-state index is 5.61. The molecule has 2 aromatic rings. The van der Waals surface area contributed by atoms with Gasteiger partial charge in [-0.15, -0.1) is 0 Å². The van der Waals surface area contributed by atoms with E-state index >= 15 is 0 Å². The van der Waals surface area contributed by atoms with Gasteiger partial charge in [0.15, 0.2) is 4.34 Å². The van der Waals surface area contributed by atoms with E-state index in [1.54, 1.807) is 17.8 Å². The van der Waals surface area contributed by atoms with Gasteiger partial charge in [0.1, 0.15) is 11.6 Å². The minimum atomic E-state index is 0.560. The topological polar surface area (TPSA) is 64.7 Å². The fourth-order valence-electron chi connectivity index (χ4n) is 1.15. The Morgan fingerprint density at radius 2 is 2.25 bits per heavy atom. The van der Waals surface area contributed by atoms with Crippen LogP contribution in [0.15, 0.2) is 22.5 Å². The normalized spacial score (nSPS) is 10.6. The summed E-state index contributed by atoms with van der Waals surface area (Å²) >= 11 is 3.09. The van der Waals surface area contributed by atoms with E-state index in [2.05, 4.69) is 21.3 Å². The third kappa shape index (κ3) is 2.93. The molecular formula is C10H12N4S2. The highest BCUT2D eigenvalue weighted by molar-refractivity contribution is 8.00. The van der Waals surface area contributed by atoms with Gasteiger partial charge in [0, 0.05) is 12.2 Å². The molecule has 16 heavy (non-hydrogen) atoms. The molecule has 0 aliphatic rings. The van der Waals surface area contributed by atoms with E-state index in [9.17, 15) is 0 Å². The Bertz CT molecular complexity index is 469. The van der Waals surface area contributed by atoms with Crippen LogP contribution in [0.3, 0.4) is 0 Å². The molecule has 0 amide bonds. The molecule has 0 saturated heterocycles. The lowest BCUT2D eigenvalue weighted by Crippen LogP contribution is -1.93. The first-order valence-electron chi connectivity index (χ1n) is 4.94. The summed E-state index contributed by atoms with van der Waals surface area (Å²) in [6.45, 7) is 2.05. The van der Waals surface area contributed by atoms with Crippen LogP contribution in [0.4, 0.5) is 5.82 Å². The number of aryl methyl sites for hydroxylation is 1. The number of nitrogens with zero attached hydrogens (tertiary/aromatic N) is 3. The largest absolute Gasteiger partial charge is 0.384 e. The van der Waals surface area contributed by atoms with E-state index in [0.717, 1.165) is 28.0 Å². The molecule has 2 aromatic heterocycles. The minimum absolute atomic E-state index is 0.560. The Labute approximate surface area is 102 Å². The fourth-order valence-corrected chi connectivity index (χ4v) is 2.76. The smallest absolute Gasteiger partial charge is 0.170 e. The van der Waals surface area contributed by atoms with Crippen LogP contribution in [0.1, 0.15) is 18.4 Å². The number of anilines is 1. The summed E-state index contributed by atoms with van der Waals surface area (Å²) < 4.78 is 5.22. The Kier molecular flexibility index (Phi) is 3.74. The van der Waals surface area contributed by atoms with Crippen molar-refractivity contribution in [2.75, 3.05) is 5.73 Å². The van der Waals surface area contributed by atoms with Crippen molar-refractivity contribution < 1.29 is 0 Å². The van der Waals surface area contributed by atoms with Crippen molar-refractivity contribution in [3.05, 3.63) is 29.7 Å². The third-order valence-electron chi connectivity index (χ3n) is 1.94. The molecule has 0 bridgehead atoms. The zero-order chi connectivity index (χ0) is 11.4. The maximum Gasteiger partial charge on any atom is 0.170 e. The maximum absolute atomic E-state index is 5.61. The molecular weight excluding hydrogens is 240 g/mol. The molecule has 2 rings (SSSR count). The minimum Gasteiger partial charge on any atom is -0.384 e. The number of aromatic nitrogens is 3. The van der Waals surface area contributed by atoms with Crippen LogP contribution in [0.2, 0.25) is 0 Å². The molecule has 0 aromatic carbocycles. The number of nitrogens with two attached hydrogens (primary N) is 1. The van der Waals surface area contributed by atoms with Crippen molar-refractivity contribution in [3.8, 4) is 0 Å². The highest BCUT2D eigenvalue weighted by Crippen LogP contribution is 2.23. The first-order chi connectivity index (χ1) is 7.78. The molecule has 6 heteroatoms. The molecule has 0 atom stereocenters. The summed E-state index contributed by atoms with van der Waals surface area (Å²) in [7, 11) is 0. The lowest BCUT2D eigenvalue weighted by Gasteiger charge is -1.98. The molecule has 4 nitrogen and oxygen atoms in total. The number of rotatable bonds is 4. The highest BCUT2D eigenvalue weighted by atomic mass is 32.2. The van der Waals surface area contributed by atoms with Crippen molar-refractivity contribution >= 4 is 29.1 Å². The van der Waals surface area contributed by atoms with Crippen LogP contribution in [0, 0.1) is 0 Å². The summed E-state index contributed by atoms with van der Waals surface area (Å²) in [5.74, 6) is 2.25. The van der Waals surface area contributed by atoms with Gasteiger partial charge in [-0.2, -0.15) is 4.37 Å². The predicted octanol–water partition coefficient (Wildman–Crippen LogP) is 2.37. The van der Waals surface area contributed by atoms with Gasteiger partial charge >= 0.3 is 0 Å². The summed E-state index contributed by atoms with van der Waals surface area (Å²) in [4.78, 5) is 8.61. The second kappa shape index (κ2) is 5.27. The van der Waals surface area contributed by atoms with Crippen LogP contribution >= 0.6 is 23.3 Å². The third-order valence-corrected chi connectivity index (χ3v) is 3.84. The van der Waals surface area contributed by atoms with Gasteiger partial charge in [0.05, 0.1) is 5.69 Å². The van der Waals surface area contributed by atoms with Gasteiger partial charge in [-0.1, -0.05) is 24.8 Å². The van der Waals surface area contributed by atoms with Crippen LogP contribution in [0.5, 0.6) is 0 Å². The molecule has 0 aliphatic heterocycles. The van der Waals surface area contributed by atoms with Crippen molar-refractivity contribution in [2.24, 2.45) is 0 Å². The van der Waals surface area contributed by atoms with E-state index in [0.29, 0.717) is 5.82 Å². The molecule has 0 radical (unpaired) electrons. The van der Waals surface area contributed by atoms with Crippen LogP contribution in [0.25, 0.3) is 0 Å². The standard InChI is InChI=1S/C10H12N4S2/c1-2-9-13-10(16-14-9)15-6-7-4-3-5-8(11)12-7/h3-5H,2,6H2,1H3,(H2,11,12). The van der Waals surface area contributed by atoms with Gasteiger partial charge in [-0.25, -0.2) is 9.97 Å². The SMILES string of the molecule is CCc1nsc(SCc2cccc(N)n2)n1. The second-order valence-corrected chi connectivity index (χ2v) is 5.15. The zero-order valence-electron chi connectivity index (χ0n) is 8.88. The van der Waals surface area contributed by atoms with E-state index in [1.807, 2.05) is 12.1 Å². The Morgan fingerprint density at radius 3 is 2.94 bits per heavy atom. The fraction of sp³-hybridized carbons (Fsp3) is 0.300. The highest BCUT2D eigenvalue weighted by Gasteiger charge is 2.04. The molecule has 2 heterocycles. The lowest BCUT2D eigenvalue weighted by molar-refractivity contribution is 0.971. The van der Waals surface area contributed by atoms with E-state index in [-0.39, 0.29) is 0 Å². The van der Waals surface area contributed by atoms with Crippen molar-refractivity contribution in [1.29, 1.82) is 0 Å². The molecule has 2 N–H and O–H groups in total.